The van der Waals surface area contributed by atoms with Crippen LogP contribution in [0.25, 0.3) is 0 Å². The van der Waals surface area contributed by atoms with Gasteiger partial charge in [-0.25, -0.2) is 0 Å². The number of aromatic nitrogens is 2. The Morgan fingerprint density at radius 1 is 1.32 bits per heavy atom. The van der Waals surface area contributed by atoms with E-state index in [0.717, 1.165) is 30.8 Å². The largest absolute Gasteiger partial charge is 0.308 e. The summed E-state index contributed by atoms with van der Waals surface area (Å²) in [6.45, 7) is 6.54. The summed E-state index contributed by atoms with van der Waals surface area (Å²) in [5.41, 5.74) is 1.41. The van der Waals surface area contributed by atoms with Gasteiger partial charge in [0.2, 0.25) is 0 Å². The molecule has 0 radical (unpaired) electrons. The van der Waals surface area contributed by atoms with Gasteiger partial charge in [-0.05, 0) is 56.6 Å². The summed E-state index contributed by atoms with van der Waals surface area (Å²) in [6.07, 6.45) is 8.99. The second-order valence-corrected chi connectivity index (χ2v) is 6.19. The van der Waals surface area contributed by atoms with Gasteiger partial charge in [0.1, 0.15) is 0 Å². The fraction of sp³-hybridized carbons (Fsp3) is 0.812. The van der Waals surface area contributed by atoms with Crippen molar-refractivity contribution in [2.45, 2.75) is 58.5 Å². The Labute approximate surface area is 116 Å². The number of fused-ring (bicyclic) bond motifs is 1. The number of nitrogens with one attached hydrogen (secondary N) is 1. The lowest BCUT2D eigenvalue weighted by atomic mass is 10.0. The van der Waals surface area contributed by atoms with Crippen LogP contribution in [0.2, 0.25) is 0 Å². The Kier molecular flexibility index (Phi) is 3.92. The van der Waals surface area contributed by atoms with Crippen molar-refractivity contribution in [2.24, 2.45) is 17.8 Å². The lowest BCUT2D eigenvalue weighted by molar-refractivity contribution is 0.413. The van der Waals surface area contributed by atoms with E-state index < -0.39 is 0 Å². The van der Waals surface area contributed by atoms with E-state index in [4.69, 9.17) is 0 Å². The molecule has 106 valence electrons. The van der Waals surface area contributed by atoms with Gasteiger partial charge in [0.15, 0.2) is 0 Å². The number of aryl methyl sites for hydroxylation is 1. The molecule has 2 fully saturated rings. The first kappa shape index (κ1) is 13.2. The molecule has 3 unspecified atom stereocenters. The molecule has 1 aromatic heterocycles. The molecule has 3 heteroatoms. The van der Waals surface area contributed by atoms with Gasteiger partial charge in [0.25, 0.3) is 0 Å². The van der Waals surface area contributed by atoms with Crippen molar-refractivity contribution in [2.75, 3.05) is 6.54 Å². The minimum absolute atomic E-state index is 0.538. The molecule has 0 aliphatic heterocycles. The first-order valence-electron chi connectivity index (χ1n) is 8.11. The molecule has 3 rings (SSSR count). The van der Waals surface area contributed by atoms with Crippen molar-refractivity contribution < 1.29 is 0 Å². The van der Waals surface area contributed by atoms with E-state index in [2.05, 4.69) is 35.0 Å². The Morgan fingerprint density at radius 2 is 2.05 bits per heavy atom. The van der Waals surface area contributed by atoms with E-state index in [9.17, 15) is 0 Å². The van der Waals surface area contributed by atoms with Crippen LogP contribution in [-0.2, 0) is 6.54 Å². The molecule has 3 nitrogen and oxygen atoms in total. The third-order valence-electron chi connectivity index (χ3n) is 5.09. The molecule has 0 amide bonds. The normalized spacial score (nSPS) is 30.9. The summed E-state index contributed by atoms with van der Waals surface area (Å²) in [4.78, 5) is 0. The van der Waals surface area contributed by atoms with Crippen LogP contribution >= 0.6 is 0 Å². The maximum absolute atomic E-state index is 4.47. The van der Waals surface area contributed by atoms with Gasteiger partial charge in [0.05, 0.1) is 11.7 Å². The minimum atomic E-state index is 0.538. The van der Waals surface area contributed by atoms with Crippen LogP contribution in [0.15, 0.2) is 12.3 Å². The van der Waals surface area contributed by atoms with Crippen LogP contribution < -0.4 is 5.32 Å². The minimum Gasteiger partial charge on any atom is -0.308 e. The number of rotatable bonds is 6. The first-order chi connectivity index (χ1) is 9.36. The summed E-state index contributed by atoms with van der Waals surface area (Å²) in [5.74, 6) is 2.85. The van der Waals surface area contributed by atoms with Crippen LogP contribution in [0.5, 0.6) is 0 Å². The molecular weight excluding hydrogens is 234 g/mol. The van der Waals surface area contributed by atoms with Crippen molar-refractivity contribution in [1.29, 1.82) is 0 Å². The molecular formula is C16H27N3. The summed E-state index contributed by atoms with van der Waals surface area (Å²) in [5, 5.41) is 8.27. The van der Waals surface area contributed by atoms with E-state index in [0.29, 0.717) is 6.04 Å². The lowest BCUT2D eigenvalue weighted by Gasteiger charge is -2.20. The van der Waals surface area contributed by atoms with E-state index >= 15 is 0 Å². The fourth-order valence-corrected chi connectivity index (χ4v) is 4.15. The van der Waals surface area contributed by atoms with Crippen molar-refractivity contribution in [3.05, 3.63) is 18.0 Å². The number of hydrogen-bond acceptors (Lipinski definition) is 2. The molecule has 1 heterocycles. The topological polar surface area (TPSA) is 29.9 Å². The second-order valence-electron chi connectivity index (χ2n) is 6.19. The molecule has 0 bridgehead atoms. The number of hydrogen-bond donors (Lipinski definition) is 1. The van der Waals surface area contributed by atoms with Crippen LogP contribution in [-0.4, -0.2) is 16.3 Å². The molecule has 0 spiro atoms. The zero-order valence-electron chi connectivity index (χ0n) is 12.3. The Bertz CT molecular complexity index is 400. The average molecular weight is 261 g/mol. The Balaban J connectivity index is 1.78. The molecule has 1 aromatic rings. The van der Waals surface area contributed by atoms with E-state index in [-0.39, 0.29) is 0 Å². The third-order valence-corrected chi connectivity index (χ3v) is 5.09. The number of nitrogens with zero attached hydrogens (tertiary/aromatic N) is 2. The van der Waals surface area contributed by atoms with Crippen molar-refractivity contribution >= 4 is 0 Å². The maximum atomic E-state index is 4.47. The van der Waals surface area contributed by atoms with E-state index in [1.54, 1.807) is 0 Å². The third kappa shape index (κ3) is 2.45. The molecule has 0 saturated heterocycles. The van der Waals surface area contributed by atoms with E-state index in [1.165, 1.54) is 37.8 Å². The van der Waals surface area contributed by atoms with Gasteiger partial charge in [-0.2, -0.15) is 5.10 Å². The standard InChI is InChI=1S/C16H27N3/c1-3-10-17-16(14-9-11-18-19(14)4-2)15-12-7-5-6-8-13(12)15/h9,11-13,15-17H,3-8,10H2,1-2H3. The highest BCUT2D eigenvalue weighted by Gasteiger charge is 2.54. The van der Waals surface area contributed by atoms with Crippen LogP contribution in [0.1, 0.15) is 57.7 Å². The van der Waals surface area contributed by atoms with Gasteiger partial charge < -0.3 is 5.32 Å². The molecule has 3 atom stereocenters. The monoisotopic (exact) mass is 261 g/mol. The molecule has 2 aliphatic carbocycles. The molecule has 19 heavy (non-hydrogen) atoms. The Morgan fingerprint density at radius 3 is 2.68 bits per heavy atom. The van der Waals surface area contributed by atoms with Gasteiger partial charge in [-0.1, -0.05) is 19.8 Å². The first-order valence-corrected chi connectivity index (χ1v) is 8.11. The SMILES string of the molecule is CCCNC(c1ccnn1CC)C1C2CCCCC21. The fourth-order valence-electron chi connectivity index (χ4n) is 4.15. The summed E-state index contributed by atoms with van der Waals surface area (Å²) in [6, 6.07) is 2.76. The smallest absolute Gasteiger partial charge is 0.0556 e. The molecule has 2 aliphatic rings. The summed E-state index contributed by atoms with van der Waals surface area (Å²) >= 11 is 0. The summed E-state index contributed by atoms with van der Waals surface area (Å²) in [7, 11) is 0. The van der Waals surface area contributed by atoms with E-state index in [1.807, 2.05) is 6.20 Å². The van der Waals surface area contributed by atoms with Crippen molar-refractivity contribution in [1.82, 2.24) is 15.1 Å². The van der Waals surface area contributed by atoms with Gasteiger partial charge in [0, 0.05) is 12.7 Å². The highest BCUT2D eigenvalue weighted by molar-refractivity contribution is 5.16. The zero-order valence-corrected chi connectivity index (χ0v) is 12.3. The predicted octanol–water partition coefficient (Wildman–Crippen LogP) is 3.38. The maximum Gasteiger partial charge on any atom is 0.0556 e. The van der Waals surface area contributed by atoms with Gasteiger partial charge >= 0.3 is 0 Å². The van der Waals surface area contributed by atoms with Crippen LogP contribution in [0.3, 0.4) is 0 Å². The van der Waals surface area contributed by atoms with Gasteiger partial charge in [-0.3, -0.25) is 4.68 Å². The second kappa shape index (κ2) is 5.66. The lowest BCUT2D eigenvalue weighted by Crippen LogP contribution is -2.27. The summed E-state index contributed by atoms with van der Waals surface area (Å²) < 4.78 is 2.18. The van der Waals surface area contributed by atoms with Gasteiger partial charge in [-0.15, -0.1) is 0 Å². The highest BCUT2D eigenvalue weighted by atomic mass is 15.3. The molecule has 0 aromatic carbocycles. The Hall–Kier alpha value is -0.830. The molecule has 2 saturated carbocycles. The predicted molar refractivity (Wildman–Crippen MR) is 77.9 cm³/mol. The molecule has 1 N–H and O–H groups in total. The van der Waals surface area contributed by atoms with Crippen molar-refractivity contribution in [3.8, 4) is 0 Å². The van der Waals surface area contributed by atoms with Crippen molar-refractivity contribution in [3.63, 3.8) is 0 Å². The highest BCUT2D eigenvalue weighted by Crippen LogP contribution is 2.60. The average Bonchev–Trinajstić information content (AvgIpc) is 2.96. The zero-order chi connectivity index (χ0) is 13.2. The van der Waals surface area contributed by atoms with Crippen LogP contribution in [0, 0.1) is 17.8 Å². The quantitative estimate of drug-likeness (QED) is 0.850. The van der Waals surface area contributed by atoms with Crippen LogP contribution in [0.4, 0.5) is 0 Å².